The van der Waals surface area contributed by atoms with Gasteiger partial charge in [0.05, 0.1) is 0 Å². The van der Waals surface area contributed by atoms with Crippen molar-refractivity contribution < 1.29 is 0 Å². The smallest absolute Gasteiger partial charge is 0.0342 e. The van der Waals surface area contributed by atoms with E-state index in [1.54, 1.807) is 0 Å². The maximum atomic E-state index is 5.87. The van der Waals surface area contributed by atoms with Crippen molar-refractivity contribution in [2.24, 2.45) is 5.92 Å². The minimum Gasteiger partial charge on any atom is -0.302 e. The van der Waals surface area contributed by atoms with Gasteiger partial charge in [0.15, 0.2) is 0 Å². The summed E-state index contributed by atoms with van der Waals surface area (Å²) >= 11 is 5.87. The van der Waals surface area contributed by atoms with Gasteiger partial charge in [-0.25, -0.2) is 0 Å². The minimum absolute atomic E-state index is 0.456. The molecule has 0 atom stereocenters. The summed E-state index contributed by atoms with van der Waals surface area (Å²) in [5.74, 6) is 0.836. The number of alkyl halides is 1. The van der Waals surface area contributed by atoms with E-state index in [1.807, 2.05) is 6.08 Å². The van der Waals surface area contributed by atoms with Gasteiger partial charge in [-0.2, -0.15) is 0 Å². The van der Waals surface area contributed by atoms with Crippen LogP contribution in [-0.4, -0.2) is 30.4 Å². The van der Waals surface area contributed by atoms with Crippen LogP contribution in [0.1, 0.15) is 12.8 Å². The Balaban J connectivity index is 2.06. The van der Waals surface area contributed by atoms with Gasteiger partial charge in [-0.3, -0.25) is 0 Å². The minimum atomic E-state index is 0.456. The van der Waals surface area contributed by atoms with E-state index in [4.69, 9.17) is 11.6 Å². The summed E-state index contributed by atoms with van der Waals surface area (Å²) in [7, 11) is 2.13. The third-order valence-corrected chi connectivity index (χ3v) is 2.55. The summed E-state index contributed by atoms with van der Waals surface area (Å²) in [5.41, 5.74) is 0. The Morgan fingerprint density at radius 1 is 1.64 bits per heavy atom. The normalized spacial score (nSPS) is 30.1. The van der Waals surface area contributed by atoms with E-state index in [9.17, 15) is 0 Å². The lowest BCUT2D eigenvalue weighted by Crippen LogP contribution is -2.34. The molecule has 0 amide bonds. The molecule has 1 aliphatic carbocycles. The number of nitrogens with zero attached hydrogens (tertiary/aromatic N) is 1. The number of hydrogen-bond acceptors (Lipinski definition) is 1. The van der Waals surface area contributed by atoms with E-state index in [0.29, 0.717) is 5.38 Å². The van der Waals surface area contributed by atoms with Gasteiger partial charge in [0.1, 0.15) is 0 Å². The number of rotatable bonds is 4. The Labute approximate surface area is 74.0 Å². The summed E-state index contributed by atoms with van der Waals surface area (Å²) in [5, 5.41) is 0.456. The fraction of sp³-hybridized carbons (Fsp3) is 0.778. The molecule has 0 aromatic heterocycles. The van der Waals surface area contributed by atoms with Crippen LogP contribution in [0.2, 0.25) is 0 Å². The molecule has 0 unspecified atom stereocenters. The maximum Gasteiger partial charge on any atom is 0.0342 e. The van der Waals surface area contributed by atoms with Crippen LogP contribution in [0.15, 0.2) is 12.7 Å². The maximum absolute atomic E-state index is 5.87. The van der Waals surface area contributed by atoms with Gasteiger partial charge in [0.25, 0.3) is 0 Å². The third-order valence-electron chi connectivity index (χ3n) is 2.19. The first-order valence-electron chi connectivity index (χ1n) is 4.16. The van der Waals surface area contributed by atoms with Crippen molar-refractivity contribution in [3.05, 3.63) is 12.7 Å². The molecule has 1 saturated carbocycles. The predicted molar refractivity (Wildman–Crippen MR) is 50.1 cm³/mol. The molecule has 0 saturated heterocycles. The van der Waals surface area contributed by atoms with Crippen LogP contribution in [0.25, 0.3) is 0 Å². The Hall–Kier alpha value is -0.0100. The molecule has 1 nitrogen and oxygen atoms in total. The molecule has 0 spiro atoms. The highest BCUT2D eigenvalue weighted by molar-refractivity contribution is 6.21. The predicted octanol–water partition coefficient (Wildman–Crippen LogP) is 2.12. The summed E-state index contributed by atoms with van der Waals surface area (Å²) in [6, 6.07) is 0. The van der Waals surface area contributed by atoms with Crippen LogP contribution in [0, 0.1) is 5.92 Å². The third kappa shape index (κ3) is 2.84. The van der Waals surface area contributed by atoms with Crippen molar-refractivity contribution in [1.82, 2.24) is 4.90 Å². The second kappa shape index (κ2) is 4.13. The molecule has 0 aromatic carbocycles. The largest absolute Gasteiger partial charge is 0.302 e. The van der Waals surface area contributed by atoms with E-state index in [0.717, 1.165) is 12.5 Å². The highest BCUT2D eigenvalue weighted by Crippen LogP contribution is 2.32. The first-order chi connectivity index (χ1) is 5.22. The van der Waals surface area contributed by atoms with Crippen molar-refractivity contribution in [1.29, 1.82) is 0 Å². The Morgan fingerprint density at radius 3 is 2.73 bits per heavy atom. The summed E-state index contributed by atoms with van der Waals surface area (Å²) in [6.45, 7) is 5.86. The van der Waals surface area contributed by atoms with E-state index in [-0.39, 0.29) is 0 Å². The molecule has 1 aliphatic rings. The van der Waals surface area contributed by atoms with E-state index < -0.39 is 0 Å². The monoisotopic (exact) mass is 173 g/mol. The van der Waals surface area contributed by atoms with Crippen molar-refractivity contribution in [3.63, 3.8) is 0 Å². The van der Waals surface area contributed by atoms with E-state index in [1.165, 1.54) is 19.4 Å². The van der Waals surface area contributed by atoms with Gasteiger partial charge in [-0.1, -0.05) is 6.08 Å². The van der Waals surface area contributed by atoms with Crippen molar-refractivity contribution in [3.8, 4) is 0 Å². The molecule has 1 rings (SSSR count). The average molecular weight is 174 g/mol. The van der Waals surface area contributed by atoms with Gasteiger partial charge in [0.2, 0.25) is 0 Å². The van der Waals surface area contributed by atoms with Crippen molar-refractivity contribution in [2.45, 2.75) is 18.2 Å². The lowest BCUT2D eigenvalue weighted by atomic mass is 9.84. The zero-order valence-electron chi connectivity index (χ0n) is 7.09. The SMILES string of the molecule is C=CCN(C)CC1CC(Cl)C1. The molecule has 0 aliphatic heterocycles. The van der Waals surface area contributed by atoms with Crippen LogP contribution in [0.5, 0.6) is 0 Å². The number of halogens is 1. The van der Waals surface area contributed by atoms with Crippen molar-refractivity contribution in [2.75, 3.05) is 20.1 Å². The zero-order valence-corrected chi connectivity index (χ0v) is 7.85. The van der Waals surface area contributed by atoms with Gasteiger partial charge in [-0.05, 0) is 25.8 Å². The molecule has 0 radical (unpaired) electrons. The molecular formula is C9H16ClN. The lowest BCUT2D eigenvalue weighted by molar-refractivity contribution is 0.222. The van der Waals surface area contributed by atoms with Crippen LogP contribution < -0.4 is 0 Å². The number of likely N-dealkylation sites (N-methyl/N-ethyl adjacent to an activating group) is 1. The lowest BCUT2D eigenvalue weighted by Gasteiger charge is -2.33. The first kappa shape index (κ1) is 9.08. The van der Waals surface area contributed by atoms with Gasteiger partial charge in [-0.15, -0.1) is 18.2 Å². The van der Waals surface area contributed by atoms with Gasteiger partial charge >= 0.3 is 0 Å². The van der Waals surface area contributed by atoms with Gasteiger partial charge in [0, 0.05) is 18.5 Å². The molecule has 0 bridgehead atoms. The highest BCUT2D eigenvalue weighted by Gasteiger charge is 2.27. The zero-order chi connectivity index (χ0) is 8.27. The Kier molecular flexibility index (Phi) is 3.41. The molecular weight excluding hydrogens is 158 g/mol. The Morgan fingerprint density at radius 2 is 2.27 bits per heavy atom. The van der Waals surface area contributed by atoms with E-state index >= 15 is 0 Å². The molecule has 2 heteroatoms. The molecule has 1 fully saturated rings. The molecule has 64 valence electrons. The quantitative estimate of drug-likeness (QED) is 0.465. The van der Waals surface area contributed by atoms with Crippen LogP contribution in [-0.2, 0) is 0 Å². The van der Waals surface area contributed by atoms with Gasteiger partial charge < -0.3 is 4.90 Å². The summed E-state index contributed by atoms with van der Waals surface area (Å²) < 4.78 is 0. The second-order valence-corrected chi connectivity index (χ2v) is 4.06. The topological polar surface area (TPSA) is 3.24 Å². The highest BCUT2D eigenvalue weighted by atomic mass is 35.5. The first-order valence-corrected chi connectivity index (χ1v) is 4.59. The molecule has 0 aromatic rings. The van der Waals surface area contributed by atoms with Crippen LogP contribution in [0.3, 0.4) is 0 Å². The standard InChI is InChI=1S/C9H16ClN/c1-3-4-11(2)7-8-5-9(10)6-8/h3,8-9H,1,4-7H2,2H3. The Bertz CT molecular complexity index is 130. The summed E-state index contributed by atoms with van der Waals surface area (Å²) in [6.07, 6.45) is 4.34. The second-order valence-electron chi connectivity index (χ2n) is 3.44. The average Bonchev–Trinajstić information content (AvgIpc) is 1.85. The fourth-order valence-electron chi connectivity index (χ4n) is 1.54. The van der Waals surface area contributed by atoms with E-state index in [2.05, 4.69) is 18.5 Å². The molecule has 0 N–H and O–H groups in total. The molecule has 11 heavy (non-hydrogen) atoms. The summed E-state index contributed by atoms with van der Waals surface area (Å²) in [4.78, 5) is 2.29. The van der Waals surface area contributed by atoms with Crippen LogP contribution in [0.4, 0.5) is 0 Å². The molecule has 0 heterocycles. The van der Waals surface area contributed by atoms with Crippen LogP contribution >= 0.6 is 11.6 Å². The number of hydrogen-bond donors (Lipinski definition) is 0. The van der Waals surface area contributed by atoms with Crippen molar-refractivity contribution >= 4 is 11.6 Å². The fourth-order valence-corrected chi connectivity index (χ4v) is 2.04.